The van der Waals surface area contributed by atoms with Crippen molar-refractivity contribution in [1.82, 2.24) is 0 Å². The molecule has 0 aliphatic heterocycles. The zero-order valence-electron chi connectivity index (χ0n) is 24.6. The van der Waals surface area contributed by atoms with E-state index < -0.39 is 0 Å². The molecule has 2 heteroatoms. The third-order valence-corrected chi connectivity index (χ3v) is 12.7. The molecule has 0 bridgehead atoms. The molecule has 0 heterocycles. The van der Waals surface area contributed by atoms with E-state index in [0.717, 1.165) is 24.7 Å². The Labute approximate surface area is 216 Å². The normalized spacial score (nSPS) is 42.7. The van der Waals surface area contributed by atoms with Crippen LogP contribution in [-0.2, 0) is 9.53 Å². The van der Waals surface area contributed by atoms with Crippen LogP contribution in [0.3, 0.4) is 0 Å². The van der Waals surface area contributed by atoms with Crippen LogP contribution >= 0.6 is 0 Å². The van der Waals surface area contributed by atoms with Crippen molar-refractivity contribution in [1.29, 1.82) is 0 Å². The lowest BCUT2D eigenvalue weighted by molar-refractivity contribution is -0.174. The van der Waals surface area contributed by atoms with Crippen LogP contribution in [0.15, 0.2) is 22.8 Å². The van der Waals surface area contributed by atoms with Crippen LogP contribution < -0.4 is 0 Å². The van der Waals surface area contributed by atoms with Crippen LogP contribution in [0.4, 0.5) is 0 Å². The molecule has 3 unspecified atom stereocenters. The Balaban J connectivity index is 1.60. The Kier molecular flexibility index (Phi) is 6.98. The van der Waals surface area contributed by atoms with E-state index in [4.69, 9.17) is 4.74 Å². The Morgan fingerprint density at radius 1 is 1.00 bits per heavy atom. The van der Waals surface area contributed by atoms with Gasteiger partial charge in [0.1, 0.15) is 6.10 Å². The van der Waals surface area contributed by atoms with Gasteiger partial charge in [0.2, 0.25) is 0 Å². The molecule has 4 aliphatic rings. The molecule has 0 amide bonds. The monoisotopic (exact) mass is 482 g/mol. The summed E-state index contributed by atoms with van der Waals surface area (Å²) in [5.74, 6) is 2.78. The van der Waals surface area contributed by atoms with Crippen LogP contribution in [0.1, 0.15) is 127 Å². The fourth-order valence-electron chi connectivity index (χ4n) is 9.95. The summed E-state index contributed by atoms with van der Waals surface area (Å²) >= 11 is 0. The minimum absolute atomic E-state index is 0.0257. The first-order valence-electron chi connectivity index (χ1n) is 14.7. The minimum atomic E-state index is -0.120. The van der Waals surface area contributed by atoms with Crippen molar-refractivity contribution in [3.8, 4) is 0 Å². The Morgan fingerprint density at radius 3 is 2.31 bits per heavy atom. The van der Waals surface area contributed by atoms with E-state index in [-0.39, 0.29) is 17.5 Å². The highest BCUT2D eigenvalue weighted by Crippen LogP contribution is 2.73. The van der Waals surface area contributed by atoms with Crippen molar-refractivity contribution in [2.24, 2.45) is 45.3 Å². The first kappa shape index (κ1) is 27.0. The molecular weight excluding hydrogens is 428 g/mol. The van der Waals surface area contributed by atoms with E-state index in [0.29, 0.717) is 28.1 Å². The van der Waals surface area contributed by atoms with Crippen LogP contribution in [0, 0.1) is 45.3 Å². The lowest BCUT2D eigenvalue weighted by Crippen LogP contribution is -2.58. The molecule has 0 saturated heterocycles. The second-order valence-corrected chi connectivity index (χ2v) is 14.7. The fraction of sp³-hybridized carbons (Fsp3) is 0.848. The second kappa shape index (κ2) is 9.05. The van der Waals surface area contributed by atoms with Gasteiger partial charge in [0.25, 0.3) is 0 Å². The molecular formula is C33H54O2. The summed E-state index contributed by atoms with van der Waals surface area (Å²) in [6.07, 6.45) is 14.2. The third kappa shape index (κ3) is 4.08. The van der Waals surface area contributed by atoms with Gasteiger partial charge < -0.3 is 4.74 Å². The minimum Gasteiger partial charge on any atom is -0.462 e. The highest BCUT2D eigenvalue weighted by Gasteiger charge is 2.65. The van der Waals surface area contributed by atoms with E-state index in [1.54, 1.807) is 12.5 Å². The predicted molar refractivity (Wildman–Crippen MR) is 147 cm³/mol. The van der Waals surface area contributed by atoms with Gasteiger partial charge in [0.05, 0.1) is 0 Å². The highest BCUT2D eigenvalue weighted by molar-refractivity contribution is 5.66. The molecule has 8 atom stereocenters. The number of carbonyl (C=O) groups excluding carboxylic acids is 1. The summed E-state index contributed by atoms with van der Waals surface area (Å²) < 4.78 is 5.87. The fourth-order valence-corrected chi connectivity index (χ4v) is 9.95. The smallest absolute Gasteiger partial charge is 0.302 e. The van der Waals surface area contributed by atoms with Gasteiger partial charge in [-0.2, -0.15) is 0 Å². The third-order valence-electron chi connectivity index (χ3n) is 12.7. The maximum Gasteiger partial charge on any atom is 0.302 e. The average Bonchev–Trinajstić information content (AvgIpc) is 3.05. The molecule has 2 nitrogen and oxygen atoms in total. The number of ether oxygens (including phenoxy) is 1. The molecule has 0 aromatic heterocycles. The van der Waals surface area contributed by atoms with Crippen LogP contribution in [0.2, 0.25) is 0 Å². The summed E-state index contributed by atoms with van der Waals surface area (Å²) in [5.41, 5.74) is 6.01. The molecule has 4 aliphatic carbocycles. The quantitative estimate of drug-likeness (QED) is 0.288. The summed E-state index contributed by atoms with van der Waals surface area (Å²) in [6, 6.07) is 0. The van der Waals surface area contributed by atoms with Gasteiger partial charge >= 0.3 is 5.97 Å². The predicted octanol–water partition coefficient (Wildman–Crippen LogP) is 9.30. The van der Waals surface area contributed by atoms with Gasteiger partial charge in [0.15, 0.2) is 0 Å². The van der Waals surface area contributed by atoms with Crippen molar-refractivity contribution < 1.29 is 9.53 Å². The summed E-state index contributed by atoms with van der Waals surface area (Å²) in [5, 5.41) is 0. The number of carbonyl (C=O) groups is 1. The Morgan fingerprint density at radius 2 is 1.69 bits per heavy atom. The highest BCUT2D eigenvalue weighted by atomic mass is 16.5. The van der Waals surface area contributed by atoms with Crippen molar-refractivity contribution in [3.63, 3.8) is 0 Å². The number of hydrogen-bond donors (Lipinski definition) is 0. The number of rotatable bonds is 5. The maximum atomic E-state index is 11.8. The molecule has 0 radical (unpaired) electrons. The van der Waals surface area contributed by atoms with Gasteiger partial charge in [-0.3, -0.25) is 4.79 Å². The van der Waals surface area contributed by atoms with E-state index in [1.807, 2.05) is 5.57 Å². The molecule has 0 aromatic carbocycles. The lowest BCUT2D eigenvalue weighted by atomic mass is 9.41. The SMILES string of the molecule is CC(=O)O[C@H]1CC[C@]2(C)C3CC[C@]4(C)[C@@H](C(C)CCC(C)=C(C)C)CC[C@@]4(C)C3=CCC2C1(C)C. The average molecular weight is 483 g/mol. The molecule has 0 aromatic rings. The van der Waals surface area contributed by atoms with E-state index >= 15 is 0 Å². The summed E-state index contributed by atoms with van der Waals surface area (Å²) in [6.45, 7) is 23.6. The first-order valence-corrected chi connectivity index (χ1v) is 14.7. The van der Waals surface area contributed by atoms with Crippen molar-refractivity contribution >= 4 is 5.97 Å². The summed E-state index contributed by atoms with van der Waals surface area (Å²) in [7, 11) is 0. The molecule has 3 fully saturated rings. The molecule has 35 heavy (non-hydrogen) atoms. The van der Waals surface area contributed by atoms with Gasteiger partial charge in [0, 0.05) is 12.3 Å². The maximum absolute atomic E-state index is 11.8. The zero-order chi connectivity index (χ0) is 26.0. The summed E-state index contributed by atoms with van der Waals surface area (Å²) in [4.78, 5) is 11.8. The lowest BCUT2D eigenvalue weighted by Gasteiger charge is -2.64. The topological polar surface area (TPSA) is 26.3 Å². The Hall–Kier alpha value is -1.05. The van der Waals surface area contributed by atoms with Crippen molar-refractivity contribution in [3.05, 3.63) is 22.8 Å². The number of hydrogen-bond acceptors (Lipinski definition) is 2. The van der Waals surface area contributed by atoms with E-state index in [1.165, 1.54) is 50.5 Å². The van der Waals surface area contributed by atoms with Gasteiger partial charge in [-0.1, -0.05) is 64.3 Å². The van der Waals surface area contributed by atoms with Crippen molar-refractivity contribution in [2.45, 2.75) is 133 Å². The first-order chi connectivity index (χ1) is 16.2. The van der Waals surface area contributed by atoms with Gasteiger partial charge in [-0.15, -0.1) is 0 Å². The van der Waals surface area contributed by atoms with Crippen LogP contribution in [0.25, 0.3) is 0 Å². The number of esters is 1. The molecule has 198 valence electrons. The van der Waals surface area contributed by atoms with E-state index in [2.05, 4.69) is 68.4 Å². The van der Waals surface area contributed by atoms with Gasteiger partial charge in [-0.25, -0.2) is 0 Å². The molecule has 4 rings (SSSR count). The van der Waals surface area contributed by atoms with Gasteiger partial charge in [-0.05, 0) is 118 Å². The zero-order valence-corrected chi connectivity index (χ0v) is 24.6. The van der Waals surface area contributed by atoms with Crippen molar-refractivity contribution in [2.75, 3.05) is 0 Å². The second-order valence-electron chi connectivity index (χ2n) is 14.7. The van der Waals surface area contributed by atoms with Crippen LogP contribution in [0.5, 0.6) is 0 Å². The molecule has 0 N–H and O–H groups in total. The standard InChI is InChI=1S/C33H54O2/c1-21(2)22(3)11-12-23(4)25-15-19-33(10)27-13-14-28-30(6,7)29(35-24(5)34)17-18-31(28,8)26(27)16-20-32(25,33)9/h13,23,25-26,28-29H,11-12,14-20H2,1-10H3/t23?,25-,26?,28?,29+,31-,32-,33+/m1/s1. The number of fused-ring (bicyclic) bond motifs is 5. The van der Waals surface area contributed by atoms with Crippen LogP contribution in [-0.4, -0.2) is 12.1 Å². The molecule has 3 saturated carbocycles. The van der Waals surface area contributed by atoms with E-state index in [9.17, 15) is 4.79 Å². The largest absolute Gasteiger partial charge is 0.462 e. The molecule has 0 spiro atoms. The Bertz CT molecular complexity index is 904. The number of allylic oxidation sites excluding steroid dienone is 4.